The minimum atomic E-state index is -0.115. The molecule has 0 aliphatic heterocycles. The van der Waals surface area contributed by atoms with Crippen LogP contribution in [-0.4, -0.2) is 4.57 Å². The molecule has 64 heavy (non-hydrogen) atoms. The minimum Gasteiger partial charge on any atom is -0.309 e. The van der Waals surface area contributed by atoms with Crippen molar-refractivity contribution in [3.63, 3.8) is 0 Å². The summed E-state index contributed by atoms with van der Waals surface area (Å²) in [5.74, 6) is 0. The van der Waals surface area contributed by atoms with Gasteiger partial charge < -0.3 is 4.57 Å². The third kappa shape index (κ3) is 5.93. The zero-order chi connectivity index (χ0) is 42.8. The first kappa shape index (κ1) is 37.7. The molecule has 302 valence electrons. The van der Waals surface area contributed by atoms with Gasteiger partial charge in [0.2, 0.25) is 0 Å². The first-order chi connectivity index (χ1) is 31.6. The number of hydrogen-bond acceptors (Lipinski definition) is 0. The second-order valence-electron chi connectivity index (χ2n) is 17.6. The summed E-state index contributed by atoms with van der Waals surface area (Å²) in [6.45, 7) is 4.75. The Kier molecular flexibility index (Phi) is 8.91. The fraction of sp³-hybridized carbons (Fsp3) is 0.0476. The highest BCUT2D eigenvalue weighted by Crippen LogP contribution is 2.55. The van der Waals surface area contributed by atoms with E-state index in [2.05, 4.69) is 255 Å². The highest BCUT2D eigenvalue weighted by molar-refractivity contribution is 6.26. The van der Waals surface area contributed by atoms with Crippen molar-refractivity contribution in [3.05, 3.63) is 248 Å². The zero-order valence-corrected chi connectivity index (χ0v) is 36.0. The Morgan fingerprint density at radius 3 is 1.42 bits per heavy atom. The fourth-order valence-corrected chi connectivity index (χ4v) is 10.8. The molecule has 12 rings (SSSR count). The number of benzene rings is 10. The van der Waals surface area contributed by atoms with Gasteiger partial charge in [-0.3, -0.25) is 0 Å². The highest BCUT2D eigenvalue weighted by atomic mass is 15.0. The van der Waals surface area contributed by atoms with Gasteiger partial charge in [0, 0.05) is 38.6 Å². The van der Waals surface area contributed by atoms with Crippen molar-refractivity contribution in [1.29, 1.82) is 0 Å². The van der Waals surface area contributed by atoms with Crippen molar-refractivity contribution in [2.45, 2.75) is 19.3 Å². The Balaban J connectivity index is 1.21. The predicted octanol–water partition coefficient (Wildman–Crippen LogP) is 17.1. The summed E-state index contributed by atoms with van der Waals surface area (Å²) in [5, 5.41) is 2.45. The predicted molar refractivity (Wildman–Crippen MR) is 271 cm³/mol. The summed E-state index contributed by atoms with van der Waals surface area (Å²) in [6, 6.07) is 87.2. The van der Waals surface area contributed by atoms with Crippen LogP contribution < -0.4 is 0 Å². The quantitative estimate of drug-likeness (QED) is 0.151. The number of hydrogen-bond donors (Lipinski definition) is 0. The Bertz CT molecular complexity index is 3530. The van der Waals surface area contributed by atoms with Crippen molar-refractivity contribution < 1.29 is 0 Å². The van der Waals surface area contributed by atoms with Gasteiger partial charge in [0.15, 0.2) is 0 Å². The Morgan fingerprint density at radius 2 is 0.781 bits per heavy atom. The molecule has 0 saturated carbocycles. The van der Waals surface area contributed by atoms with Crippen LogP contribution in [0.25, 0.3) is 105 Å². The highest BCUT2D eigenvalue weighted by Gasteiger charge is 2.37. The van der Waals surface area contributed by atoms with Crippen LogP contribution in [-0.2, 0) is 5.41 Å². The van der Waals surface area contributed by atoms with Gasteiger partial charge in [-0.05, 0) is 103 Å². The summed E-state index contributed by atoms with van der Waals surface area (Å²) in [5.41, 5.74) is 23.4. The van der Waals surface area contributed by atoms with E-state index in [0.29, 0.717) is 0 Å². The number of aromatic nitrogens is 1. The maximum Gasteiger partial charge on any atom is 0.0632 e. The molecular weight excluding hydrogens is 771 g/mol. The Morgan fingerprint density at radius 1 is 0.328 bits per heavy atom. The van der Waals surface area contributed by atoms with Gasteiger partial charge in [-0.2, -0.15) is 0 Å². The van der Waals surface area contributed by atoms with Crippen LogP contribution in [0.4, 0.5) is 0 Å². The SMILES string of the molecule is CC1(C)c2ccccc2-c2cccc(-c3cccc(-c4ccc5c(c4)c4c(-c6ccccc6)c(-c6ccccc6)c(-c6ccccc6)c(-c6ccccc6)c4n5-c4ccccc4)c3)c21. The molecule has 0 unspecified atom stereocenters. The molecule has 1 aliphatic rings. The summed E-state index contributed by atoms with van der Waals surface area (Å²) in [7, 11) is 0. The molecule has 0 radical (unpaired) electrons. The maximum absolute atomic E-state index is 2.52. The van der Waals surface area contributed by atoms with Crippen LogP contribution in [0.3, 0.4) is 0 Å². The number of para-hydroxylation sites is 1. The molecule has 1 heterocycles. The Labute approximate surface area is 375 Å². The smallest absolute Gasteiger partial charge is 0.0632 e. The van der Waals surface area contributed by atoms with Crippen molar-refractivity contribution >= 4 is 21.8 Å². The molecule has 1 heteroatoms. The van der Waals surface area contributed by atoms with Gasteiger partial charge in [-0.25, -0.2) is 0 Å². The van der Waals surface area contributed by atoms with Crippen molar-refractivity contribution in [3.8, 4) is 83.6 Å². The molecular formula is C63H45N. The number of nitrogens with zero attached hydrogens (tertiary/aromatic N) is 1. The van der Waals surface area contributed by atoms with Gasteiger partial charge in [0.25, 0.3) is 0 Å². The third-order valence-electron chi connectivity index (χ3n) is 13.6. The van der Waals surface area contributed by atoms with Crippen molar-refractivity contribution in [1.82, 2.24) is 4.57 Å². The first-order valence-corrected chi connectivity index (χ1v) is 22.4. The molecule has 1 nitrogen and oxygen atoms in total. The van der Waals surface area contributed by atoms with Gasteiger partial charge in [-0.15, -0.1) is 0 Å². The summed E-state index contributed by atoms with van der Waals surface area (Å²) in [4.78, 5) is 0. The molecule has 11 aromatic rings. The molecule has 0 atom stereocenters. The third-order valence-corrected chi connectivity index (χ3v) is 13.6. The lowest BCUT2D eigenvalue weighted by Crippen LogP contribution is -2.16. The van der Waals surface area contributed by atoms with E-state index in [0.717, 1.165) is 5.69 Å². The molecule has 1 aliphatic carbocycles. The number of rotatable bonds is 7. The summed E-state index contributed by atoms with van der Waals surface area (Å²) >= 11 is 0. The van der Waals surface area contributed by atoms with E-state index in [1.165, 1.54) is 111 Å². The Hall–Kier alpha value is -8.00. The normalized spacial score (nSPS) is 12.7. The van der Waals surface area contributed by atoms with Crippen molar-refractivity contribution in [2.24, 2.45) is 0 Å². The van der Waals surface area contributed by atoms with E-state index in [4.69, 9.17) is 0 Å². The fourth-order valence-electron chi connectivity index (χ4n) is 10.8. The second kappa shape index (κ2) is 15.1. The van der Waals surface area contributed by atoms with Crippen LogP contribution in [0.15, 0.2) is 237 Å². The molecule has 0 fully saturated rings. The molecule has 0 amide bonds. The molecule has 0 spiro atoms. The monoisotopic (exact) mass is 815 g/mol. The lowest BCUT2D eigenvalue weighted by Gasteiger charge is -2.24. The lowest BCUT2D eigenvalue weighted by atomic mass is 9.78. The molecule has 10 aromatic carbocycles. The van der Waals surface area contributed by atoms with Crippen LogP contribution in [0.5, 0.6) is 0 Å². The maximum atomic E-state index is 2.52. The summed E-state index contributed by atoms with van der Waals surface area (Å²) in [6.07, 6.45) is 0. The van der Waals surface area contributed by atoms with Crippen LogP contribution in [0, 0.1) is 0 Å². The van der Waals surface area contributed by atoms with E-state index >= 15 is 0 Å². The van der Waals surface area contributed by atoms with E-state index in [1.54, 1.807) is 0 Å². The van der Waals surface area contributed by atoms with Gasteiger partial charge in [0.05, 0.1) is 11.0 Å². The largest absolute Gasteiger partial charge is 0.309 e. The average Bonchev–Trinajstić information content (AvgIpc) is 3.82. The standard InChI is InChI=1S/C63H45N/c1-63(2)54-37-19-18-34-51(54)52-36-21-35-50(61(52)63)48-31-20-30-46(40-48)47-38-39-55-53(41-47)60-58(44-26-12-5-13-27-44)56(42-22-8-3-9-23-42)57(43-24-10-4-11-25-43)59(45-28-14-6-15-29-45)62(60)64(55)49-32-16-7-17-33-49/h3-41H,1-2H3. The second-order valence-corrected chi connectivity index (χ2v) is 17.6. The van der Waals surface area contributed by atoms with Gasteiger partial charge >= 0.3 is 0 Å². The molecule has 1 aromatic heterocycles. The first-order valence-electron chi connectivity index (χ1n) is 22.4. The van der Waals surface area contributed by atoms with Crippen molar-refractivity contribution in [2.75, 3.05) is 0 Å². The van der Waals surface area contributed by atoms with Crippen LogP contribution in [0.1, 0.15) is 25.0 Å². The van der Waals surface area contributed by atoms with E-state index in [9.17, 15) is 0 Å². The topological polar surface area (TPSA) is 4.93 Å². The molecule has 0 saturated heterocycles. The minimum absolute atomic E-state index is 0.115. The van der Waals surface area contributed by atoms with Gasteiger partial charge in [0.1, 0.15) is 0 Å². The van der Waals surface area contributed by atoms with Crippen LogP contribution in [0.2, 0.25) is 0 Å². The molecule has 0 bridgehead atoms. The lowest BCUT2D eigenvalue weighted by molar-refractivity contribution is 0.662. The number of fused-ring (bicyclic) bond motifs is 6. The van der Waals surface area contributed by atoms with E-state index in [1.807, 2.05) is 0 Å². The van der Waals surface area contributed by atoms with Gasteiger partial charge in [-0.1, -0.05) is 220 Å². The van der Waals surface area contributed by atoms with Crippen LogP contribution >= 0.6 is 0 Å². The zero-order valence-electron chi connectivity index (χ0n) is 36.0. The molecule has 0 N–H and O–H groups in total. The van der Waals surface area contributed by atoms with E-state index < -0.39 is 0 Å². The van der Waals surface area contributed by atoms with E-state index in [-0.39, 0.29) is 5.41 Å². The summed E-state index contributed by atoms with van der Waals surface area (Å²) < 4.78 is 2.52. The average molecular weight is 816 g/mol.